The molecule has 0 unspecified atom stereocenters. The predicted molar refractivity (Wildman–Crippen MR) is 81.0 cm³/mol. The highest BCUT2D eigenvalue weighted by atomic mass is 79.9. The van der Waals surface area contributed by atoms with Crippen molar-refractivity contribution in [2.75, 3.05) is 12.3 Å². The van der Waals surface area contributed by atoms with Crippen LogP contribution in [0.5, 0.6) is 11.6 Å². The lowest BCUT2D eigenvalue weighted by Gasteiger charge is -2.09. The zero-order valence-corrected chi connectivity index (χ0v) is 13.1. The van der Waals surface area contributed by atoms with Crippen molar-refractivity contribution in [1.82, 2.24) is 9.97 Å². The summed E-state index contributed by atoms with van der Waals surface area (Å²) in [4.78, 5) is 8.29. The minimum absolute atomic E-state index is 0.284. The third-order valence-corrected chi connectivity index (χ3v) is 3.10. The molecule has 2 aromatic rings. The van der Waals surface area contributed by atoms with Gasteiger partial charge in [0.2, 0.25) is 5.88 Å². The molecular weight excluding hydrogens is 346 g/mol. The van der Waals surface area contributed by atoms with Gasteiger partial charge in [0, 0.05) is 17.1 Å². The second-order valence-electron chi connectivity index (χ2n) is 3.86. The average molecular weight is 359 g/mol. The Hall–Kier alpha value is -1.37. The van der Waals surface area contributed by atoms with Crippen LogP contribution in [0.1, 0.15) is 12.7 Å². The van der Waals surface area contributed by atoms with Gasteiger partial charge in [0.05, 0.1) is 5.02 Å². The number of aromatic nitrogens is 2. The van der Waals surface area contributed by atoms with E-state index < -0.39 is 0 Å². The van der Waals surface area contributed by atoms with E-state index in [4.69, 9.17) is 26.8 Å². The molecule has 5 nitrogen and oxygen atoms in total. The Morgan fingerprint density at radius 3 is 2.80 bits per heavy atom. The van der Waals surface area contributed by atoms with Gasteiger partial charge in [-0.2, -0.15) is 4.98 Å². The van der Waals surface area contributed by atoms with Crippen molar-refractivity contribution in [3.8, 4) is 11.6 Å². The van der Waals surface area contributed by atoms with Gasteiger partial charge in [-0.15, -0.1) is 0 Å². The Morgan fingerprint density at radius 1 is 1.30 bits per heavy atom. The Labute approximate surface area is 130 Å². The minimum atomic E-state index is 0.284. The second kappa shape index (κ2) is 6.88. The van der Waals surface area contributed by atoms with Gasteiger partial charge in [-0.25, -0.2) is 4.98 Å². The Bertz CT molecular complexity index is 610. The first-order valence-electron chi connectivity index (χ1n) is 5.92. The number of nitrogens with zero attached hydrogens (tertiary/aromatic N) is 2. The van der Waals surface area contributed by atoms with Crippen molar-refractivity contribution in [2.24, 2.45) is 0 Å². The fraction of sp³-hybridized carbons (Fsp3) is 0.231. The highest BCUT2D eigenvalue weighted by molar-refractivity contribution is 9.10. The molecule has 2 N–H and O–H groups in total. The molecule has 7 heteroatoms. The van der Waals surface area contributed by atoms with E-state index in [1.54, 1.807) is 12.1 Å². The van der Waals surface area contributed by atoms with Crippen LogP contribution in [0.3, 0.4) is 0 Å². The highest BCUT2D eigenvalue weighted by Gasteiger charge is 2.08. The van der Waals surface area contributed by atoms with Crippen LogP contribution in [0, 0.1) is 0 Å². The van der Waals surface area contributed by atoms with Crippen LogP contribution in [0.2, 0.25) is 5.02 Å². The molecule has 0 aliphatic carbocycles. The largest absolute Gasteiger partial charge is 0.437 e. The maximum atomic E-state index is 6.09. The third kappa shape index (κ3) is 4.06. The summed E-state index contributed by atoms with van der Waals surface area (Å²) in [5.74, 6) is 1.61. The van der Waals surface area contributed by atoms with Crippen LogP contribution in [0.4, 0.5) is 5.82 Å². The lowest BCUT2D eigenvalue weighted by Crippen LogP contribution is -2.03. The molecule has 0 atom stereocenters. The maximum absolute atomic E-state index is 6.09. The summed E-state index contributed by atoms with van der Waals surface area (Å²) in [6.45, 7) is 2.75. The van der Waals surface area contributed by atoms with Crippen molar-refractivity contribution in [3.05, 3.63) is 39.6 Å². The first kappa shape index (κ1) is 15.0. The SMILES string of the molecule is CCOCc1nc(N)cc(Oc2ccc(Br)cc2Cl)n1. The van der Waals surface area contributed by atoms with Crippen LogP contribution < -0.4 is 10.5 Å². The Kier molecular flexibility index (Phi) is 5.17. The van der Waals surface area contributed by atoms with Crippen molar-refractivity contribution in [3.63, 3.8) is 0 Å². The topological polar surface area (TPSA) is 70.3 Å². The number of halogens is 2. The van der Waals surface area contributed by atoms with Crippen LogP contribution in [-0.4, -0.2) is 16.6 Å². The quantitative estimate of drug-likeness (QED) is 0.880. The minimum Gasteiger partial charge on any atom is -0.437 e. The third-order valence-electron chi connectivity index (χ3n) is 2.31. The summed E-state index contributed by atoms with van der Waals surface area (Å²) in [6.07, 6.45) is 0. The van der Waals surface area contributed by atoms with Gasteiger partial charge in [0.25, 0.3) is 0 Å². The smallest absolute Gasteiger partial charge is 0.224 e. The second-order valence-corrected chi connectivity index (χ2v) is 5.18. The summed E-state index contributed by atoms with van der Waals surface area (Å²) < 4.78 is 11.7. The highest BCUT2D eigenvalue weighted by Crippen LogP contribution is 2.31. The van der Waals surface area contributed by atoms with Gasteiger partial charge in [-0.1, -0.05) is 27.5 Å². The summed E-state index contributed by atoms with van der Waals surface area (Å²) in [5, 5.41) is 0.475. The standard InChI is InChI=1S/C13H13BrClN3O2/c1-2-19-7-12-17-11(16)6-13(18-12)20-10-4-3-8(14)5-9(10)15/h3-6H,2,7H2,1H3,(H2,16,17,18). The normalized spacial score (nSPS) is 10.6. The summed E-state index contributed by atoms with van der Waals surface area (Å²) in [5.41, 5.74) is 5.72. The van der Waals surface area contributed by atoms with Gasteiger partial charge >= 0.3 is 0 Å². The van der Waals surface area contributed by atoms with Gasteiger partial charge < -0.3 is 15.2 Å². The van der Waals surface area contributed by atoms with Gasteiger partial charge in [0.1, 0.15) is 18.2 Å². The van der Waals surface area contributed by atoms with E-state index in [0.29, 0.717) is 34.9 Å². The Balaban J connectivity index is 2.21. The van der Waals surface area contributed by atoms with Crippen molar-refractivity contribution in [1.29, 1.82) is 0 Å². The Morgan fingerprint density at radius 2 is 2.10 bits per heavy atom. The van der Waals surface area contributed by atoms with E-state index in [2.05, 4.69) is 25.9 Å². The van der Waals surface area contributed by atoms with Crippen LogP contribution in [0.25, 0.3) is 0 Å². The van der Waals surface area contributed by atoms with E-state index in [9.17, 15) is 0 Å². The molecule has 20 heavy (non-hydrogen) atoms. The number of benzene rings is 1. The van der Waals surface area contributed by atoms with Gasteiger partial charge in [-0.05, 0) is 25.1 Å². The fourth-order valence-electron chi connectivity index (χ4n) is 1.47. The number of anilines is 1. The molecule has 0 aliphatic rings. The monoisotopic (exact) mass is 357 g/mol. The molecule has 2 rings (SSSR count). The van der Waals surface area contributed by atoms with E-state index in [0.717, 1.165) is 4.47 Å². The van der Waals surface area contributed by atoms with E-state index in [-0.39, 0.29) is 6.61 Å². The number of nitrogens with two attached hydrogens (primary N) is 1. The number of rotatable bonds is 5. The molecule has 0 saturated carbocycles. The van der Waals surface area contributed by atoms with Crippen LogP contribution in [0.15, 0.2) is 28.7 Å². The molecule has 1 heterocycles. The summed E-state index contributed by atoms with van der Waals surface area (Å²) in [6, 6.07) is 6.84. The van der Waals surface area contributed by atoms with Crippen molar-refractivity contribution < 1.29 is 9.47 Å². The average Bonchev–Trinajstić information content (AvgIpc) is 2.39. The number of hydrogen-bond donors (Lipinski definition) is 1. The first-order valence-corrected chi connectivity index (χ1v) is 7.09. The molecule has 0 spiro atoms. The van der Waals surface area contributed by atoms with Crippen molar-refractivity contribution >= 4 is 33.3 Å². The first-order chi connectivity index (χ1) is 9.58. The molecule has 1 aromatic heterocycles. The fourth-order valence-corrected chi connectivity index (χ4v) is 2.19. The maximum Gasteiger partial charge on any atom is 0.224 e. The molecule has 0 radical (unpaired) electrons. The molecule has 0 amide bonds. The molecule has 0 aliphatic heterocycles. The predicted octanol–water partition coefficient (Wildman–Crippen LogP) is 3.80. The van der Waals surface area contributed by atoms with Gasteiger partial charge in [-0.3, -0.25) is 0 Å². The lowest BCUT2D eigenvalue weighted by atomic mass is 10.3. The van der Waals surface area contributed by atoms with E-state index in [1.165, 1.54) is 6.07 Å². The molecule has 1 aromatic carbocycles. The number of ether oxygens (including phenoxy) is 2. The number of hydrogen-bond acceptors (Lipinski definition) is 5. The summed E-state index contributed by atoms with van der Waals surface area (Å²) >= 11 is 9.42. The lowest BCUT2D eigenvalue weighted by molar-refractivity contribution is 0.128. The zero-order chi connectivity index (χ0) is 14.5. The molecule has 0 fully saturated rings. The van der Waals surface area contributed by atoms with E-state index >= 15 is 0 Å². The van der Waals surface area contributed by atoms with Crippen LogP contribution in [-0.2, 0) is 11.3 Å². The zero-order valence-electron chi connectivity index (χ0n) is 10.8. The number of nitrogen functional groups attached to an aromatic ring is 1. The molecule has 0 bridgehead atoms. The molecule has 106 valence electrons. The molecular formula is C13H13BrClN3O2. The van der Waals surface area contributed by atoms with Crippen molar-refractivity contribution in [2.45, 2.75) is 13.5 Å². The van der Waals surface area contributed by atoms with Gasteiger partial charge in [0.15, 0.2) is 5.82 Å². The molecule has 0 saturated heterocycles. The van der Waals surface area contributed by atoms with E-state index in [1.807, 2.05) is 13.0 Å². The summed E-state index contributed by atoms with van der Waals surface area (Å²) in [7, 11) is 0. The van der Waals surface area contributed by atoms with Crippen LogP contribution >= 0.6 is 27.5 Å².